The zero-order chi connectivity index (χ0) is 14.7. The summed E-state index contributed by atoms with van der Waals surface area (Å²) in [6.45, 7) is 8.63. The lowest BCUT2D eigenvalue weighted by Crippen LogP contribution is -2.58. The molecule has 0 aromatic heterocycles. The van der Waals surface area contributed by atoms with Gasteiger partial charge in [0.1, 0.15) is 0 Å². The molecule has 2 saturated heterocycles. The smallest absolute Gasteiger partial charge is 0.0355 e. The summed E-state index contributed by atoms with van der Waals surface area (Å²) in [5.41, 5.74) is 2.06. The number of benzene rings is 1. The van der Waals surface area contributed by atoms with Gasteiger partial charge in [-0.1, -0.05) is 37.3 Å². The molecule has 1 aromatic carbocycles. The number of piperidine rings is 1. The maximum atomic E-state index is 3.51. The molecule has 3 nitrogen and oxygen atoms in total. The van der Waals surface area contributed by atoms with Crippen LogP contribution in [0, 0.1) is 11.3 Å². The van der Waals surface area contributed by atoms with Crippen LogP contribution in [0.2, 0.25) is 0 Å². The molecule has 2 N–H and O–H groups in total. The van der Waals surface area contributed by atoms with E-state index in [1.807, 2.05) is 0 Å². The molecule has 0 amide bonds. The van der Waals surface area contributed by atoms with Crippen molar-refractivity contribution in [3.05, 3.63) is 35.9 Å². The van der Waals surface area contributed by atoms with Gasteiger partial charge in [0.05, 0.1) is 0 Å². The second-order valence-corrected chi connectivity index (χ2v) is 7.06. The Labute approximate surface area is 129 Å². The van der Waals surface area contributed by atoms with E-state index in [9.17, 15) is 0 Å². The van der Waals surface area contributed by atoms with Gasteiger partial charge >= 0.3 is 0 Å². The molecule has 2 aliphatic heterocycles. The third kappa shape index (κ3) is 3.31. The average molecular weight is 287 g/mol. The van der Waals surface area contributed by atoms with Crippen molar-refractivity contribution < 1.29 is 0 Å². The normalized spacial score (nSPS) is 24.5. The second-order valence-electron chi connectivity index (χ2n) is 7.06. The summed E-state index contributed by atoms with van der Waals surface area (Å²) in [6, 6.07) is 11.3. The van der Waals surface area contributed by atoms with Gasteiger partial charge in [0.15, 0.2) is 0 Å². The molecule has 0 aliphatic carbocycles. The molecule has 3 heteroatoms. The third-order valence-electron chi connectivity index (χ3n) is 5.50. The summed E-state index contributed by atoms with van der Waals surface area (Å²) in [5, 5.41) is 6.96. The van der Waals surface area contributed by atoms with Gasteiger partial charge in [-0.3, -0.25) is 0 Å². The Hall–Kier alpha value is -0.900. The molecule has 0 unspecified atom stereocenters. The number of hydrogen-bond donors (Lipinski definition) is 2. The van der Waals surface area contributed by atoms with Crippen LogP contribution in [-0.4, -0.2) is 44.7 Å². The first-order valence-corrected chi connectivity index (χ1v) is 8.38. The highest BCUT2D eigenvalue weighted by Gasteiger charge is 2.39. The van der Waals surface area contributed by atoms with Gasteiger partial charge in [-0.25, -0.2) is 0 Å². The van der Waals surface area contributed by atoms with Crippen molar-refractivity contribution in [2.24, 2.45) is 11.3 Å². The van der Waals surface area contributed by atoms with Gasteiger partial charge in [0, 0.05) is 25.7 Å². The van der Waals surface area contributed by atoms with E-state index in [2.05, 4.69) is 59.8 Å². The van der Waals surface area contributed by atoms with Crippen molar-refractivity contribution in [3.8, 4) is 0 Å². The molecule has 1 spiro atoms. The molecule has 0 saturated carbocycles. The van der Waals surface area contributed by atoms with Crippen molar-refractivity contribution in [2.75, 3.05) is 39.8 Å². The molecule has 116 valence electrons. The van der Waals surface area contributed by atoms with Gasteiger partial charge in [-0.15, -0.1) is 0 Å². The predicted molar refractivity (Wildman–Crippen MR) is 88.4 cm³/mol. The lowest BCUT2D eigenvalue weighted by molar-refractivity contribution is 0.0467. The monoisotopic (exact) mass is 287 g/mol. The third-order valence-corrected chi connectivity index (χ3v) is 5.50. The Bertz CT molecular complexity index is 431. The highest BCUT2D eigenvalue weighted by Crippen LogP contribution is 2.35. The average Bonchev–Trinajstić information content (AvgIpc) is 2.48. The molecular weight excluding hydrogens is 258 g/mol. The van der Waals surface area contributed by atoms with E-state index >= 15 is 0 Å². The molecule has 2 aliphatic rings. The SMILES string of the molecule is CN[C@@H](c1ccccc1)[C@@H](C)CN1CCC2(CC1)CNC2. The summed E-state index contributed by atoms with van der Waals surface area (Å²) < 4.78 is 0. The standard InChI is InChI=1S/C18H29N3/c1-15(17(19-2)16-6-4-3-5-7-16)12-21-10-8-18(9-11-21)13-20-14-18/h3-7,15,17,19-20H,8-14H2,1-2H3/t15-,17+/m0/s1. The van der Waals surface area contributed by atoms with Gasteiger partial charge in [0.25, 0.3) is 0 Å². The number of nitrogens with one attached hydrogen (secondary N) is 2. The highest BCUT2D eigenvalue weighted by molar-refractivity contribution is 5.19. The van der Waals surface area contributed by atoms with Gasteiger partial charge in [0.2, 0.25) is 0 Å². The Balaban J connectivity index is 1.54. The predicted octanol–water partition coefficient (Wildman–Crippen LogP) is 2.27. The zero-order valence-electron chi connectivity index (χ0n) is 13.4. The van der Waals surface area contributed by atoms with Gasteiger partial charge < -0.3 is 15.5 Å². The van der Waals surface area contributed by atoms with Crippen molar-refractivity contribution in [3.63, 3.8) is 0 Å². The van der Waals surface area contributed by atoms with Crippen LogP contribution in [-0.2, 0) is 0 Å². The first-order chi connectivity index (χ1) is 10.2. The van der Waals surface area contributed by atoms with Gasteiger partial charge in [-0.05, 0) is 49.9 Å². The van der Waals surface area contributed by atoms with Crippen molar-refractivity contribution in [2.45, 2.75) is 25.8 Å². The van der Waals surface area contributed by atoms with Gasteiger partial charge in [-0.2, -0.15) is 0 Å². The maximum Gasteiger partial charge on any atom is 0.0355 e. The summed E-state index contributed by atoms with van der Waals surface area (Å²) in [6.07, 6.45) is 2.75. The maximum absolute atomic E-state index is 3.51. The van der Waals surface area contributed by atoms with E-state index in [0.29, 0.717) is 17.4 Å². The molecule has 1 aromatic rings. The fourth-order valence-electron chi connectivity index (χ4n) is 3.99. The van der Waals surface area contributed by atoms with Crippen LogP contribution in [0.3, 0.4) is 0 Å². The molecule has 2 fully saturated rings. The van der Waals surface area contributed by atoms with Crippen LogP contribution in [0.4, 0.5) is 0 Å². The highest BCUT2D eigenvalue weighted by atomic mass is 15.2. The largest absolute Gasteiger partial charge is 0.316 e. The molecular formula is C18H29N3. The summed E-state index contributed by atoms with van der Waals surface area (Å²) >= 11 is 0. The van der Waals surface area contributed by atoms with Crippen molar-refractivity contribution in [1.29, 1.82) is 0 Å². The zero-order valence-corrected chi connectivity index (χ0v) is 13.4. The van der Waals surface area contributed by atoms with Crippen LogP contribution >= 0.6 is 0 Å². The van der Waals surface area contributed by atoms with Crippen LogP contribution in [0.25, 0.3) is 0 Å². The Morgan fingerprint density at radius 2 is 1.86 bits per heavy atom. The number of nitrogens with zero attached hydrogens (tertiary/aromatic N) is 1. The van der Waals surface area contributed by atoms with Crippen molar-refractivity contribution >= 4 is 0 Å². The van der Waals surface area contributed by atoms with Crippen LogP contribution in [0.5, 0.6) is 0 Å². The minimum absolute atomic E-state index is 0.451. The molecule has 2 atom stereocenters. The molecule has 3 rings (SSSR count). The molecule has 21 heavy (non-hydrogen) atoms. The first kappa shape index (κ1) is 15.0. The van der Waals surface area contributed by atoms with Crippen LogP contribution in [0.15, 0.2) is 30.3 Å². The Morgan fingerprint density at radius 3 is 2.38 bits per heavy atom. The Morgan fingerprint density at radius 1 is 1.19 bits per heavy atom. The van der Waals surface area contributed by atoms with E-state index in [-0.39, 0.29) is 0 Å². The minimum atomic E-state index is 0.451. The summed E-state index contributed by atoms with van der Waals surface area (Å²) in [5.74, 6) is 0.631. The lowest BCUT2D eigenvalue weighted by Gasteiger charge is -2.49. The summed E-state index contributed by atoms with van der Waals surface area (Å²) in [7, 11) is 2.08. The van der Waals surface area contributed by atoms with Crippen LogP contribution in [0.1, 0.15) is 31.4 Å². The summed E-state index contributed by atoms with van der Waals surface area (Å²) in [4.78, 5) is 2.67. The van der Waals surface area contributed by atoms with Crippen LogP contribution < -0.4 is 10.6 Å². The topological polar surface area (TPSA) is 27.3 Å². The minimum Gasteiger partial charge on any atom is -0.316 e. The van der Waals surface area contributed by atoms with E-state index in [0.717, 1.165) is 0 Å². The lowest BCUT2D eigenvalue weighted by atomic mass is 9.73. The molecule has 2 heterocycles. The molecule has 0 radical (unpaired) electrons. The number of likely N-dealkylation sites (tertiary alicyclic amines) is 1. The first-order valence-electron chi connectivity index (χ1n) is 8.38. The fourth-order valence-corrected chi connectivity index (χ4v) is 3.99. The second kappa shape index (κ2) is 6.47. The van der Waals surface area contributed by atoms with Crippen molar-refractivity contribution in [1.82, 2.24) is 15.5 Å². The fraction of sp³-hybridized carbons (Fsp3) is 0.667. The quantitative estimate of drug-likeness (QED) is 0.870. The van der Waals surface area contributed by atoms with E-state index in [1.54, 1.807) is 0 Å². The van der Waals surface area contributed by atoms with E-state index in [1.165, 1.54) is 51.1 Å². The van der Waals surface area contributed by atoms with E-state index < -0.39 is 0 Å². The number of hydrogen-bond acceptors (Lipinski definition) is 3. The number of rotatable bonds is 5. The Kier molecular flexibility index (Phi) is 4.63. The molecule has 0 bridgehead atoms. The van der Waals surface area contributed by atoms with E-state index in [4.69, 9.17) is 0 Å².